The molecule has 2 aromatic heterocycles. The zero-order chi connectivity index (χ0) is 16.7. The van der Waals surface area contributed by atoms with Crippen LogP contribution in [0.2, 0.25) is 0 Å². The van der Waals surface area contributed by atoms with E-state index < -0.39 is 0 Å². The Hall–Kier alpha value is -2.10. The molecule has 25 heavy (non-hydrogen) atoms. The van der Waals surface area contributed by atoms with Gasteiger partial charge < -0.3 is 4.40 Å². The largest absolute Gasteiger partial charge is 0.308 e. The summed E-state index contributed by atoms with van der Waals surface area (Å²) in [7, 11) is 0. The van der Waals surface area contributed by atoms with E-state index in [1.54, 1.807) is 0 Å². The second-order valence-electron chi connectivity index (χ2n) is 6.49. The minimum atomic E-state index is 1.11. The van der Waals surface area contributed by atoms with Gasteiger partial charge in [-0.3, -0.25) is 0 Å². The predicted octanol–water partition coefficient (Wildman–Crippen LogP) is 7.51. The zero-order valence-electron chi connectivity index (χ0n) is 13.1. The number of nitrogens with zero attached hydrogens (tertiary/aromatic N) is 1. The van der Waals surface area contributed by atoms with Crippen molar-refractivity contribution in [3.05, 3.63) is 75.7 Å². The van der Waals surface area contributed by atoms with Gasteiger partial charge in [-0.2, -0.15) is 0 Å². The summed E-state index contributed by atoms with van der Waals surface area (Å²) in [5.41, 5.74) is 3.82. The Morgan fingerprint density at radius 1 is 0.600 bits per heavy atom. The first-order chi connectivity index (χ1) is 12.2. The molecule has 0 fully saturated rings. The van der Waals surface area contributed by atoms with Gasteiger partial charge in [0.15, 0.2) is 0 Å². The third kappa shape index (κ3) is 1.68. The summed E-state index contributed by atoms with van der Waals surface area (Å²) in [5, 5.41) is 7.79. The summed E-state index contributed by atoms with van der Waals surface area (Å²) >= 11 is 7.36. The van der Waals surface area contributed by atoms with Crippen molar-refractivity contribution in [2.24, 2.45) is 0 Å². The number of para-hydroxylation sites is 1. The van der Waals surface area contributed by atoms with Gasteiger partial charge in [-0.1, -0.05) is 68.3 Å². The molecule has 0 bridgehead atoms. The van der Waals surface area contributed by atoms with E-state index in [0.29, 0.717) is 0 Å². The summed E-state index contributed by atoms with van der Waals surface area (Å²) in [6.45, 7) is 0. The fourth-order valence-corrected chi connectivity index (χ4v) is 5.10. The Kier molecular flexibility index (Phi) is 2.68. The molecule has 0 aliphatic heterocycles. The van der Waals surface area contributed by atoms with Crippen molar-refractivity contribution in [2.45, 2.75) is 0 Å². The highest BCUT2D eigenvalue weighted by atomic mass is 79.9. The van der Waals surface area contributed by atoms with Gasteiger partial charge in [0.05, 0.1) is 16.6 Å². The standard InChI is InChI=1S/C22H11Br2N/c23-12-7-10-19-17(11-12)15-4-1-3-14-13-8-9-18(24)16-5-2-6-20(21(13)16)25(19)22(14)15/h1-11H. The summed E-state index contributed by atoms with van der Waals surface area (Å²) in [6.07, 6.45) is 0. The Morgan fingerprint density at radius 3 is 2.24 bits per heavy atom. The van der Waals surface area contributed by atoms with Crippen LogP contribution in [0.1, 0.15) is 0 Å². The first kappa shape index (κ1) is 14.1. The van der Waals surface area contributed by atoms with Gasteiger partial charge >= 0.3 is 0 Å². The van der Waals surface area contributed by atoms with Crippen LogP contribution in [0.15, 0.2) is 75.7 Å². The van der Waals surface area contributed by atoms with E-state index in [1.165, 1.54) is 48.9 Å². The number of hydrogen-bond donors (Lipinski definition) is 0. The molecule has 0 radical (unpaired) electrons. The lowest BCUT2D eigenvalue weighted by molar-refractivity contribution is 1.35. The summed E-state index contributed by atoms with van der Waals surface area (Å²) in [6, 6.07) is 24.2. The predicted molar refractivity (Wildman–Crippen MR) is 114 cm³/mol. The topological polar surface area (TPSA) is 4.41 Å². The van der Waals surface area contributed by atoms with Gasteiger partial charge in [0.2, 0.25) is 0 Å². The molecule has 6 rings (SSSR count). The number of aromatic nitrogens is 1. The fraction of sp³-hybridized carbons (Fsp3) is 0. The third-order valence-corrected chi connectivity index (χ3v) is 6.43. The van der Waals surface area contributed by atoms with E-state index in [-0.39, 0.29) is 0 Å². The lowest BCUT2D eigenvalue weighted by Crippen LogP contribution is -1.92. The van der Waals surface area contributed by atoms with Crippen LogP contribution < -0.4 is 0 Å². The van der Waals surface area contributed by atoms with Crippen molar-refractivity contribution in [3.8, 4) is 0 Å². The van der Waals surface area contributed by atoms with E-state index in [4.69, 9.17) is 0 Å². The Balaban J connectivity index is 2.11. The molecule has 6 aromatic rings. The maximum absolute atomic E-state index is 3.73. The average molecular weight is 449 g/mol. The van der Waals surface area contributed by atoms with Crippen LogP contribution in [-0.2, 0) is 0 Å². The van der Waals surface area contributed by atoms with Crippen LogP contribution in [0.4, 0.5) is 0 Å². The Bertz CT molecular complexity index is 1460. The molecule has 0 aliphatic carbocycles. The Morgan fingerprint density at radius 2 is 1.36 bits per heavy atom. The van der Waals surface area contributed by atoms with E-state index in [1.807, 2.05) is 0 Å². The summed E-state index contributed by atoms with van der Waals surface area (Å²) in [5.74, 6) is 0. The maximum Gasteiger partial charge on any atom is 0.0619 e. The highest BCUT2D eigenvalue weighted by molar-refractivity contribution is 9.11. The molecule has 4 aromatic carbocycles. The number of halogens is 2. The van der Waals surface area contributed by atoms with Gasteiger partial charge in [0, 0.05) is 30.5 Å². The lowest BCUT2D eigenvalue weighted by atomic mass is 9.99. The minimum Gasteiger partial charge on any atom is -0.308 e. The molecule has 0 saturated carbocycles. The quantitative estimate of drug-likeness (QED) is 0.167. The first-order valence-corrected chi connectivity index (χ1v) is 9.77. The van der Waals surface area contributed by atoms with Crippen LogP contribution in [0.25, 0.3) is 48.9 Å². The molecular weight excluding hydrogens is 438 g/mol. The number of rotatable bonds is 0. The van der Waals surface area contributed by atoms with Gasteiger partial charge in [-0.05, 0) is 41.1 Å². The minimum absolute atomic E-state index is 1.11. The molecule has 0 aliphatic rings. The van der Waals surface area contributed by atoms with E-state index in [2.05, 4.69) is 103 Å². The third-order valence-electron chi connectivity index (χ3n) is 5.25. The van der Waals surface area contributed by atoms with Crippen LogP contribution in [0.3, 0.4) is 0 Å². The fourth-order valence-electron chi connectivity index (χ4n) is 4.27. The molecule has 0 N–H and O–H groups in total. The highest BCUT2D eigenvalue weighted by Gasteiger charge is 2.17. The monoisotopic (exact) mass is 447 g/mol. The smallest absolute Gasteiger partial charge is 0.0619 e. The van der Waals surface area contributed by atoms with Crippen molar-refractivity contribution in [1.29, 1.82) is 0 Å². The molecule has 0 spiro atoms. The Labute approximate surface area is 160 Å². The van der Waals surface area contributed by atoms with Crippen molar-refractivity contribution < 1.29 is 0 Å². The van der Waals surface area contributed by atoms with E-state index >= 15 is 0 Å². The number of pyridine rings is 1. The number of fused-ring (bicyclic) bond motifs is 5. The molecule has 0 saturated heterocycles. The highest BCUT2D eigenvalue weighted by Crippen LogP contribution is 2.42. The molecule has 1 nitrogen and oxygen atoms in total. The van der Waals surface area contributed by atoms with Gasteiger partial charge in [0.1, 0.15) is 0 Å². The molecule has 0 amide bonds. The second-order valence-corrected chi connectivity index (χ2v) is 8.26. The van der Waals surface area contributed by atoms with Crippen LogP contribution >= 0.6 is 31.9 Å². The SMILES string of the molecule is Brc1ccc2c(c1)c1cccc3c4ccc(Br)c5cccc(c54)n2c31. The van der Waals surface area contributed by atoms with Crippen LogP contribution in [-0.4, -0.2) is 4.40 Å². The molecule has 0 unspecified atom stereocenters. The van der Waals surface area contributed by atoms with Crippen LogP contribution in [0, 0.1) is 0 Å². The maximum atomic E-state index is 3.73. The first-order valence-electron chi connectivity index (χ1n) is 8.19. The molecule has 0 atom stereocenters. The molecule has 118 valence electrons. The van der Waals surface area contributed by atoms with Gasteiger partial charge in [0.25, 0.3) is 0 Å². The van der Waals surface area contributed by atoms with E-state index in [9.17, 15) is 0 Å². The molecular formula is C22H11Br2N. The van der Waals surface area contributed by atoms with Crippen molar-refractivity contribution >= 4 is 80.7 Å². The van der Waals surface area contributed by atoms with Crippen molar-refractivity contribution in [1.82, 2.24) is 4.40 Å². The lowest BCUT2D eigenvalue weighted by Gasteiger charge is -2.13. The summed E-state index contributed by atoms with van der Waals surface area (Å²) in [4.78, 5) is 0. The van der Waals surface area contributed by atoms with Gasteiger partial charge in [-0.15, -0.1) is 0 Å². The van der Waals surface area contributed by atoms with E-state index in [0.717, 1.165) is 8.95 Å². The second kappa shape index (κ2) is 4.75. The zero-order valence-corrected chi connectivity index (χ0v) is 16.2. The molecule has 3 heteroatoms. The number of hydrogen-bond acceptors (Lipinski definition) is 0. The van der Waals surface area contributed by atoms with Crippen molar-refractivity contribution in [3.63, 3.8) is 0 Å². The number of benzene rings is 4. The van der Waals surface area contributed by atoms with Crippen LogP contribution in [0.5, 0.6) is 0 Å². The normalized spacial score (nSPS) is 12.4. The molecule has 2 heterocycles. The summed E-state index contributed by atoms with van der Waals surface area (Å²) < 4.78 is 4.68. The average Bonchev–Trinajstić information content (AvgIpc) is 2.96. The van der Waals surface area contributed by atoms with Crippen molar-refractivity contribution in [2.75, 3.05) is 0 Å². The van der Waals surface area contributed by atoms with Gasteiger partial charge in [-0.25, -0.2) is 0 Å².